The quantitative estimate of drug-likeness (QED) is 0.542. The van der Waals surface area contributed by atoms with Crippen LogP contribution in [0.1, 0.15) is 38.2 Å². The fourth-order valence-electron chi connectivity index (χ4n) is 3.68. The summed E-state index contributed by atoms with van der Waals surface area (Å²) in [4.78, 5) is 13.3. The van der Waals surface area contributed by atoms with Gasteiger partial charge in [0.2, 0.25) is 5.95 Å². The highest BCUT2D eigenvalue weighted by molar-refractivity contribution is 5.86. The number of imidazole rings is 1. The average molecular weight is 419 g/mol. The van der Waals surface area contributed by atoms with Crippen LogP contribution in [0.15, 0.2) is 12.4 Å². The second kappa shape index (κ2) is 8.10. The fourth-order valence-corrected chi connectivity index (χ4v) is 3.68. The number of hydrogen-bond acceptors (Lipinski definition) is 6. The molecule has 0 saturated heterocycles. The van der Waals surface area contributed by atoms with Crippen LogP contribution in [-0.4, -0.2) is 31.6 Å². The van der Waals surface area contributed by atoms with E-state index in [9.17, 15) is 13.2 Å². The SMILES string of the molecule is CCn1cnc2c(Nc3cc(F)c(C)c(F)c3F)nc(NC3CCC(N)CC3)nc21. The minimum absolute atomic E-state index is 0.166. The molecule has 2 heterocycles. The van der Waals surface area contributed by atoms with E-state index in [4.69, 9.17) is 5.73 Å². The summed E-state index contributed by atoms with van der Waals surface area (Å²) in [6.07, 6.45) is 5.19. The van der Waals surface area contributed by atoms with Crippen LogP contribution < -0.4 is 16.4 Å². The van der Waals surface area contributed by atoms with Crippen LogP contribution in [0, 0.1) is 24.4 Å². The second-order valence-electron chi connectivity index (χ2n) is 7.64. The first kappa shape index (κ1) is 20.4. The number of fused-ring (bicyclic) bond motifs is 1. The first-order valence-corrected chi connectivity index (χ1v) is 10.0. The number of halogens is 3. The maximum atomic E-state index is 14.4. The lowest BCUT2D eigenvalue weighted by atomic mass is 9.92. The summed E-state index contributed by atoms with van der Waals surface area (Å²) in [7, 11) is 0. The zero-order valence-electron chi connectivity index (χ0n) is 16.8. The zero-order chi connectivity index (χ0) is 21.4. The van der Waals surface area contributed by atoms with E-state index < -0.39 is 17.5 Å². The molecule has 0 amide bonds. The maximum Gasteiger partial charge on any atom is 0.227 e. The van der Waals surface area contributed by atoms with Gasteiger partial charge in [0.05, 0.1) is 12.0 Å². The number of hydrogen-bond donors (Lipinski definition) is 3. The summed E-state index contributed by atoms with van der Waals surface area (Å²) in [6.45, 7) is 3.74. The van der Waals surface area contributed by atoms with Gasteiger partial charge in [-0.05, 0) is 39.5 Å². The number of aromatic nitrogens is 4. The molecule has 0 atom stereocenters. The normalized spacial score (nSPS) is 19.3. The van der Waals surface area contributed by atoms with E-state index in [1.165, 1.54) is 6.92 Å². The number of nitrogens with zero attached hydrogens (tertiary/aromatic N) is 4. The van der Waals surface area contributed by atoms with Crippen LogP contribution in [0.25, 0.3) is 11.2 Å². The molecule has 1 aromatic carbocycles. The highest BCUT2D eigenvalue weighted by atomic mass is 19.2. The van der Waals surface area contributed by atoms with Crippen molar-refractivity contribution in [2.45, 2.75) is 58.2 Å². The third-order valence-electron chi connectivity index (χ3n) is 5.55. The standard InChI is InChI=1S/C20H24F3N7/c1-3-30-9-25-17-18(27-14-8-13(21)10(2)15(22)16(14)23)28-20(29-19(17)30)26-12-6-4-11(24)5-7-12/h8-9,11-12H,3-7,24H2,1-2H3,(H2,26,27,28,29). The average Bonchev–Trinajstić information content (AvgIpc) is 3.15. The van der Waals surface area contributed by atoms with Crippen LogP contribution in [0.5, 0.6) is 0 Å². The number of nitrogens with one attached hydrogen (secondary N) is 2. The Balaban J connectivity index is 1.72. The molecule has 0 bridgehead atoms. The molecule has 1 aliphatic rings. The third-order valence-corrected chi connectivity index (χ3v) is 5.55. The van der Waals surface area contributed by atoms with Gasteiger partial charge >= 0.3 is 0 Å². The molecule has 30 heavy (non-hydrogen) atoms. The molecular weight excluding hydrogens is 395 g/mol. The van der Waals surface area contributed by atoms with Gasteiger partial charge in [-0.15, -0.1) is 0 Å². The van der Waals surface area contributed by atoms with Crippen molar-refractivity contribution in [3.8, 4) is 0 Å². The Bertz CT molecular complexity index is 1070. The van der Waals surface area contributed by atoms with E-state index in [0.29, 0.717) is 23.7 Å². The molecule has 7 nitrogen and oxygen atoms in total. The van der Waals surface area contributed by atoms with Gasteiger partial charge in [0.15, 0.2) is 28.6 Å². The van der Waals surface area contributed by atoms with Crippen LogP contribution in [0.3, 0.4) is 0 Å². The number of aryl methyl sites for hydroxylation is 1. The van der Waals surface area contributed by atoms with E-state index in [1.807, 2.05) is 11.5 Å². The van der Waals surface area contributed by atoms with E-state index in [1.54, 1.807) is 6.33 Å². The van der Waals surface area contributed by atoms with Gasteiger partial charge in [-0.3, -0.25) is 0 Å². The van der Waals surface area contributed by atoms with Crippen molar-refractivity contribution in [1.29, 1.82) is 0 Å². The van der Waals surface area contributed by atoms with Crippen molar-refractivity contribution in [1.82, 2.24) is 19.5 Å². The van der Waals surface area contributed by atoms with Gasteiger partial charge in [0.25, 0.3) is 0 Å². The van der Waals surface area contributed by atoms with Crippen molar-refractivity contribution in [2.75, 3.05) is 10.6 Å². The monoisotopic (exact) mass is 419 g/mol. The van der Waals surface area contributed by atoms with E-state index >= 15 is 0 Å². The molecule has 1 aliphatic carbocycles. The minimum Gasteiger partial charge on any atom is -0.351 e. The van der Waals surface area contributed by atoms with Crippen LogP contribution in [0.2, 0.25) is 0 Å². The van der Waals surface area contributed by atoms with Gasteiger partial charge in [-0.2, -0.15) is 9.97 Å². The maximum absolute atomic E-state index is 14.4. The first-order valence-electron chi connectivity index (χ1n) is 10.0. The van der Waals surface area contributed by atoms with Crippen molar-refractivity contribution >= 4 is 28.6 Å². The molecule has 160 valence electrons. The topological polar surface area (TPSA) is 93.7 Å². The van der Waals surface area contributed by atoms with Crippen molar-refractivity contribution in [3.63, 3.8) is 0 Å². The lowest BCUT2D eigenvalue weighted by molar-refractivity contribution is 0.410. The highest BCUT2D eigenvalue weighted by Gasteiger charge is 2.22. The van der Waals surface area contributed by atoms with Gasteiger partial charge in [-0.1, -0.05) is 0 Å². The molecular formula is C20H24F3N7. The summed E-state index contributed by atoms with van der Waals surface area (Å²) >= 11 is 0. The van der Waals surface area contributed by atoms with E-state index in [2.05, 4.69) is 25.6 Å². The molecule has 1 saturated carbocycles. The highest BCUT2D eigenvalue weighted by Crippen LogP contribution is 2.30. The molecule has 0 radical (unpaired) electrons. The predicted octanol–water partition coefficient (Wildman–Crippen LogP) is 4.00. The van der Waals surface area contributed by atoms with Crippen LogP contribution in [0.4, 0.5) is 30.6 Å². The number of rotatable bonds is 5. The molecule has 1 fully saturated rings. The van der Waals surface area contributed by atoms with Crippen LogP contribution in [-0.2, 0) is 6.54 Å². The summed E-state index contributed by atoms with van der Waals surface area (Å²) in [5.41, 5.74) is 6.17. The number of anilines is 3. The minimum atomic E-state index is -1.24. The molecule has 4 N–H and O–H groups in total. The lowest BCUT2D eigenvalue weighted by Crippen LogP contribution is -2.33. The second-order valence-corrected chi connectivity index (χ2v) is 7.64. The molecule has 10 heteroatoms. The van der Waals surface area contributed by atoms with Crippen molar-refractivity contribution in [3.05, 3.63) is 35.4 Å². The number of nitrogens with two attached hydrogens (primary N) is 1. The smallest absolute Gasteiger partial charge is 0.227 e. The summed E-state index contributed by atoms with van der Waals surface area (Å²) in [6, 6.07) is 1.28. The summed E-state index contributed by atoms with van der Waals surface area (Å²) in [5, 5.41) is 6.01. The third kappa shape index (κ3) is 3.79. The Morgan fingerprint density at radius 1 is 1.13 bits per heavy atom. The Morgan fingerprint density at radius 3 is 2.57 bits per heavy atom. The molecule has 0 spiro atoms. The van der Waals surface area contributed by atoms with E-state index in [-0.39, 0.29) is 29.2 Å². The predicted molar refractivity (Wildman–Crippen MR) is 109 cm³/mol. The first-order chi connectivity index (χ1) is 14.4. The Kier molecular flexibility index (Phi) is 5.50. The molecule has 0 unspecified atom stereocenters. The van der Waals surface area contributed by atoms with Crippen LogP contribution >= 0.6 is 0 Å². The van der Waals surface area contributed by atoms with Gasteiger partial charge in [0, 0.05) is 30.3 Å². The van der Waals surface area contributed by atoms with Gasteiger partial charge in [-0.25, -0.2) is 18.2 Å². The van der Waals surface area contributed by atoms with E-state index in [0.717, 1.165) is 31.7 Å². The molecule has 0 aliphatic heterocycles. The summed E-state index contributed by atoms with van der Waals surface area (Å²) < 4.78 is 44.2. The van der Waals surface area contributed by atoms with Gasteiger partial charge in [0.1, 0.15) is 5.82 Å². The molecule has 2 aromatic heterocycles. The lowest BCUT2D eigenvalue weighted by Gasteiger charge is -2.26. The molecule has 3 aromatic rings. The van der Waals surface area contributed by atoms with Gasteiger partial charge < -0.3 is 20.9 Å². The molecule has 4 rings (SSSR count). The largest absolute Gasteiger partial charge is 0.351 e. The number of benzene rings is 1. The fraction of sp³-hybridized carbons (Fsp3) is 0.450. The summed E-state index contributed by atoms with van der Waals surface area (Å²) in [5.74, 6) is -2.75. The zero-order valence-corrected chi connectivity index (χ0v) is 16.8. The van der Waals surface area contributed by atoms with Crippen molar-refractivity contribution < 1.29 is 13.2 Å². The van der Waals surface area contributed by atoms with Crippen molar-refractivity contribution in [2.24, 2.45) is 5.73 Å². The Hall–Kier alpha value is -2.88. The Morgan fingerprint density at radius 2 is 1.87 bits per heavy atom. The Labute approximate surface area is 171 Å².